The molecule has 0 N–H and O–H groups in total. The predicted octanol–water partition coefficient (Wildman–Crippen LogP) is 7.05. The Labute approximate surface area is 223 Å². The molecule has 0 fully saturated rings. The van der Waals surface area contributed by atoms with E-state index in [1.54, 1.807) is 0 Å². The van der Waals surface area contributed by atoms with Crippen LogP contribution in [0.5, 0.6) is 11.5 Å². The van der Waals surface area contributed by atoms with E-state index in [1.807, 2.05) is 43.3 Å². The molecule has 0 saturated heterocycles. The number of Topliss-reactive ketones (excluding diaryl/α,β-unsaturated/α-hetero) is 2. The van der Waals surface area contributed by atoms with Crippen molar-refractivity contribution in [2.75, 3.05) is 6.61 Å². The lowest BCUT2D eigenvalue weighted by Crippen LogP contribution is -2.30. The van der Waals surface area contributed by atoms with Crippen LogP contribution in [-0.4, -0.2) is 18.2 Å². The van der Waals surface area contributed by atoms with Gasteiger partial charge in [-0.3, -0.25) is 9.59 Å². The van der Waals surface area contributed by atoms with Gasteiger partial charge in [0.25, 0.3) is 0 Å². The summed E-state index contributed by atoms with van der Waals surface area (Å²) in [6.45, 7) is 2.67. The maximum Gasteiger partial charge on any atom is 0.174 e. The monoisotopic (exact) mass is 604 g/mol. The topological polar surface area (TPSA) is 61.8 Å². The molecule has 5 nitrogen and oxygen atoms in total. The van der Waals surface area contributed by atoms with Crippen LogP contribution in [0.4, 0.5) is 0 Å². The first-order valence-corrected chi connectivity index (χ1v) is 13.5. The second-order valence-corrected chi connectivity index (χ2v) is 10.5. The van der Waals surface area contributed by atoms with Crippen LogP contribution in [0.3, 0.4) is 0 Å². The van der Waals surface area contributed by atoms with Gasteiger partial charge in [-0.05, 0) is 66.1 Å². The molecule has 2 aromatic carbocycles. The van der Waals surface area contributed by atoms with Crippen LogP contribution in [0.2, 0.25) is 5.02 Å². The number of carbonyl (C=O) groups is 2. The highest BCUT2D eigenvalue weighted by atomic mass is 127. The van der Waals surface area contributed by atoms with Gasteiger partial charge in [-0.1, -0.05) is 29.8 Å². The van der Waals surface area contributed by atoms with Gasteiger partial charge in [-0.15, -0.1) is 0 Å². The Morgan fingerprint density at radius 2 is 1.63 bits per heavy atom. The van der Waals surface area contributed by atoms with Gasteiger partial charge >= 0.3 is 0 Å². The number of carbonyl (C=O) groups excluding carboxylic acids is 2. The van der Waals surface area contributed by atoms with Crippen molar-refractivity contribution < 1.29 is 23.8 Å². The Balaban J connectivity index is 1.58. The number of hydrogen-bond donors (Lipinski definition) is 0. The molecule has 2 aromatic rings. The highest BCUT2D eigenvalue weighted by molar-refractivity contribution is 14.1. The summed E-state index contributed by atoms with van der Waals surface area (Å²) in [7, 11) is 0. The van der Waals surface area contributed by atoms with Crippen LogP contribution >= 0.6 is 34.2 Å². The molecule has 0 radical (unpaired) electrons. The number of allylic oxidation sites excluding steroid dienone is 4. The maximum atomic E-state index is 13.1. The van der Waals surface area contributed by atoms with Crippen LogP contribution in [-0.2, 0) is 20.9 Å². The van der Waals surface area contributed by atoms with Crippen molar-refractivity contribution in [2.24, 2.45) is 0 Å². The average molecular weight is 605 g/mol. The number of rotatable bonds is 6. The molecule has 0 saturated carbocycles. The van der Waals surface area contributed by atoms with Crippen molar-refractivity contribution in [2.45, 2.75) is 58.0 Å². The molecule has 0 atom stereocenters. The molecule has 7 heteroatoms. The van der Waals surface area contributed by atoms with Gasteiger partial charge in [-0.2, -0.15) is 0 Å². The summed E-state index contributed by atoms with van der Waals surface area (Å²) < 4.78 is 19.2. The minimum atomic E-state index is -0.431. The fraction of sp³-hybridized carbons (Fsp3) is 0.357. The first-order valence-electron chi connectivity index (χ1n) is 12.0. The normalized spacial score (nSPS) is 18.3. The van der Waals surface area contributed by atoms with Gasteiger partial charge < -0.3 is 14.2 Å². The Hall–Kier alpha value is -2.32. The van der Waals surface area contributed by atoms with Gasteiger partial charge in [0.1, 0.15) is 18.1 Å². The number of hydrogen-bond acceptors (Lipinski definition) is 5. The van der Waals surface area contributed by atoms with Crippen molar-refractivity contribution >= 4 is 45.8 Å². The zero-order valence-corrected chi connectivity index (χ0v) is 22.4. The maximum absolute atomic E-state index is 13.1. The number of ether oxygens (including phenoxy) is 3. The smallest absolute Gasteiger partial charge is 0.174 e. The molecular weight excluding hydrogens is 579 g/mol. The van der Waals surface area contributed by atoms with E-state index in [4.69, 9.17) is 25.8 Å². The summed E-state index contributed by atoms with van der Waals surface area (Å²) in [5, 5.41) is 0.643. The number of benzene rings is 2. The van der Waals surface area contributed by atoms with E-state index in [-0.39, 0.29) is 11.6 Å². The number of ketones is 2. The summed E-state index contributed by atoms with van der Waals surface area (Å²) >= 11 is 8.55. The zero-order valence-electron chi connectivity index (χ0n) is 19.5. The van der Waals surface area contributed by atoms with E-state index < -0.39 is 5.92 Å². The van der Waals surface area contributed by atoms with Gasteiger partial charge in [0.15, 0.2) is 23.1 Å². The molecule has 3 aliphatic rings. The van der Waals surface area contributed by atoms with E-state index in [1.165, 1.54) is 0 Å². The fourth-order valence-electron chi connectivity index (χ4n) is 5.07. The molecule has 0 amide bonds. The van der Waals surface area contributed by atoms with E-state index in [9.17, 15) is 9.59 Å². The molecule has 5 rings (SSSR count). The molecule has 1 heterocycles. The lowest BCUT2D eigenvalue weighted by molar-refractivity contribution is -0.117. The highest BCUT2D eigenvalue weighted by Crippen LogP contribution is 2.49. The van der Waals surface area contributed by atoms with Crippen LogP contribution in [0.25, 0.3) is 0 Å². The Bertz CT molecular complexity index is 1220. The summed E-state index contributed by atoms with van der Waals surface area (Å²) in [4.78, 5) is 26.2. The SMILES string of the molecule is CCOc1cc(C2C3=C(CCCC3=O)OC3=C2C(=O)CCC3)cc(I)c1OCc1ccccc1Cl. The first kappa shape index (κ1) is 24.4. The van der Waals surface area contributed by atoms with E-state index >= 15 is 0 Å². The van der Waals surface area contributed by atoms with Gasteiger partial charge in [0.2, 0.25) is 0 Å². The van der Waals surface area contributed by atoms with Crippen molar-refractivity contribution in [1.29, 1.82) is 0 Å². The second-order valence-electron chi connectivity index (χ2n) is 8.91. The van der Waals surface area contributed by atoms with Crippen LogP contribution in [0.1, 0.15) is 62.5 Å². The van der Waals surface area contributed by atoms with Gasteiger partial charge in [0, 0.05) is 53.3 Å². The van der Waals surface area contributed by atoms with Gasteiger partial charge in [0.05, 0.1) is 10.2 Å². The first-order chi connectivity index (χ1) is 17.0. The van der Waals surface area contributed by atoms with E-state index in [2.05, 4.69) is 22.6 Å². The Morgan fingerprint density at radius 3 is 2.26 bits per heavy atom. The number of halogens is 2. The predicted molar refractivity (Wildman–Crippen MR) is 142 cm³/mol. The lowest BCUT2D eigenvalue weighted by atomic mass is 9.73. The lowest BCUT2D eigenvalue weighted by Gasteiger charge is -2.36. The molecule has 182 valence electrons. The molecule has 0 spiro atoms. The van der Waals surface area contributed by atoms with Crippen molar-refractivity contribution in [3.05, 3.63) is 78.8 Å². The molecule has 0 unspecified atom stereocenters. The van der Waals surface area contributed by atoms with E-state index in [0.29, 0.717) is 53.7 Å². The standard InChI is InChI=1S/C28H26ClIO5/c1-2-33-24-14-17(13-19(30)28(24)34-15-16-7-3-4-8-18(16)29)25-26-20(31)9-5-11-22(26)35-23-12-6-10-21(32)27(23)25/h3-4,7-8,13-14,25H,2,5-6,9-12,15H2,1H3. The van der Waals surface area contributed by atoms with Crippen molar-refractivity contribution in [1.82, 2.24) is 0 Å². The third kappa shape index (κ3) is 4.75. The van der Waals surface area contributed by atoms with E-state index in [0.717, 1.165) is 51.9 Å². The third-order valence-electron chi connectivity index (χ3n) is 6.64. The average Bonchev–Trinajstić information content (AvgIpc) is 2.84. The Kier molecular flexibility index (Phi) is 7.21. The summed E-state index contributed by atoms with van der Waals surface area (Å²) in [6.07, 6.45) is 3.94. The second kappa shape index (κ2) is 10.3. The van der Waals surface area contributed by atoms with Gasteiger partial charge in [-0.25, -0.2) is 0 Å². The minimum Gasteiger partial charge on any atom is -0.490 e. The molecule has 0 aromatic heterocycles. The Morgan fingerprint density at radius 1 is 0.971 bits per heavy atom. The quantitative estimate of drug-likeness (QED) is 0.331. The third-order valence-corrected chi connectivity index (χ3v) is 7.81. The fourth-order valence-corrected chi connectivity index (χ4v) is 6.05. The van der Waals surface area contributed by atoms with Crippen LogP contribution < -0.4 is 9.47 Å². The molecule has 35 heavy (non-hydrogen) atoms. The summed E-state index contributed by atoms with van der Waals surface area (Å²) in [5.74, 6) is 2.36. The zero-order chi connectivity index (χ0) is 24.5. The van der Waals surface area contributed by atoms with Crippen LogP contribution in [0, 0.1) is 3.57 Å². The van der Waals surface area contributed by atoms with Crippen molar-refractivity contribution in [3.8, 4) is 11.5 Å². The summed E-state index contributed by atoms with van der Waals surface area (Å²) in [5.41, 5.74) is 3.00. The molecule has 1 aliphatic heterocycles. The largest absolute Gasteiger partial charge is 0.490 e. The molecule has 2 aliphatic carbocycles. The summed E-state index contributed by atoms with van der Waals surface area (Å²) in [6, 6.07) is 11.5. The molecule has 0 bridgehead atoms. The molecular formula is C28H26ClIO5. The van der Waals surface area contributed by atoms with Crippen molar-refractivity contribution in [3.63, 3.8) is 0 Å². The van der Waals surface area contributed by atoms with Crippen LogP contribution in [0.15, 0.2) is 59.1 Å². The minimum absolute atomic E-state index is 0.0631. The highest BCUT2D eigenvalue weighted by Gasteiger charge is 2.42.